The van der Waals surface area contributed by atoms with Crippen molar-refractivity contribution in [1.29, 1.82) is 0 Å². The van der Waals surface area contributed by atoms with E-state index in [-0.39, 0.29) is 0 Å². The van der Waals surface area contributed by atoms with Gasteiger partial charge in [0.05, 0.1) is 0 Å². The quantitative estimate of drug-likeness (QED) is 0.554. The molecule has 0 aliphatic heterocycles. The number of allylic oxidation sites excluding steroid dienone is 1. The van der Waals surface area contributed by atoms with Gasteiger partial charge in [-0.2, -0.15) is 0 Å². The Bertz CT molecular complexity index is 74.5. The Hall–Kier alpha value is -0.300. The molecular weight excluding hydrogens is 98.1 g/mol. The summed E-state index contributed by atoms with van der Waals surface area (Å²) in [5.41, 5.74) is 6.72. The molecule has 0 aliphatic rings. The predicted octanol–water partition coefficient (Wildman–Crippen LogP) is 1.69. The minimum Gasteiger partial charge on any atom is -0.328 e. The highest BCUT2D eigenvalue weighted by molar-refractivity contribution is 4.88. The number of rotatable bonds is 3. The summed E-state index contributed by atoms with van der Waals surface area (Å²) in [5, 5.41) is 0. The smallest absolute Gasteiger partial charge is 0.00135 e. The first-order chi connectivity index (χ1) is 3.63. The Morgan fingerprint density at radius 3 is 2.38 bits per heavy atom. The summed E-state index contributed by atoms with van der Waals surface area (Å²) >= 11 is 0. The van der Waals surface area contributed by atoms with Crippen LogP contribution in [0.25, 0.3) is 0 Å². The molecular formula is C7H15N. The summed E-state index contributed by atoms with van der Waals surface area (Å²) in [4.78, 5) is 0. The lowest BCUT2D eigenvalue weighted by molar-refractivity contribution is 0.664. The van der Waals surface area contributed by atoms with Crippen LogP contribution in [0.2, 0.25) is 0 Å². The van der Waals surface area contributed by atoms with Gasteiger partial charge >= 0.3 is 0 Å². The monoisotopic (exact) mass is 113 g/mol. The first-order valence-electron chi connectivity index (χ1n) is 3.03. The zero-order valence-electron chi connectivity index (χ0n) is 5.78. The van der Waals surface area contributed by atoms with Gasteiger partial charge in [0, 0.05) is 6.04 Å². The van der Waals surface area contributed by atoms with Crippen molar-refractivity contribution in [2.24, 2.45) is 5.73 Å². The molecule has 1 nitrogen and oxygen atoms in total. The average Bonchev–Trinajstić information content (AvgIpc) is 1.61. The molecule has 1 heteroatoms. The molecule has 0 aliphatic carbocycles. The molecule has 0 spiro atoms. The summed E-state index contributed by atoms with van der Waals surface area (Å²) in [5.74, 6) is 0. The van der Waals surface area contributed by atoms with Gasteiger partial charge in [-0.3, -0.25) is 0 Å². The normalized spacial score (nSPS) is 13.4. The largest absolute Gasteiger partial charge is 0.328 e. The molecule has 0 aromatic heterocycles. The standard InChI is InChI=1S/C7H15N/c1-6(2)4-5-7(3)8/h7H,1,4-5,8H2,2-3H3/t7-/m0/s1. The Morgan fingerprint density at radius 1 is 1.75 bits per heavy atom. The minimum atomic E-state index is 0.326. The van der Waals surface area contributed by atoms with E-state index in [0.717, 1.165) is 12.8 Å². The van der Waals surface area contributed by atoms with Crippen LogP contribution in [-0.4, -0.2) is 6.04 Å². The van der Waals surface area contributed by atoms with E-state index in [4.69, 9.17) is 5.73 Å². The van der Waals surface area contributed by atoms with Gasteiger partial charge in [-0.25, -0.2) is 0 Å². The number of nitrogens with two attached hydrogens (primary N) is 1. The van der Waals surface area contributed by atoms with Crippen molar-refractivity contribution in [3.8, 4) is 0 Å². The molecule has 0 bridgehead atoms. The van der Waals surface area contributed by atoms with Crippen molar-refractivity contribution in [3.05, 3.63) is 12.2 Å². The van der Waals surface area contributed by atoms with Gasteiger partial charge < -0.3 is 5.73 Å². The summed E-state index contributed by atoms with van der Waals surface area (Å²) in [6.45, 7) is 7.82. The van der Waals surface area contributed by atoms with E-state index < -0.39 is 0 Å². The number of hydrogen-bond acceptors (Lipinski definition) is 1. The van der Waals surface area contributed by atoms with Crippen molar-refractivity contribution in [2.75, 3.05) is 0 Å². The highest BCUT2D eigenvalue weighted by Crippen LogP contribution is 2.01. The summed E-state index contributed by atoms with van der Waals surface area (Å²) in [7, 11) is 0. The maximum absolute atomic E-state index is 5.50. The van der Waals surface area contributed by atoms with Gasteiger partial charge in [-0.1, -0.05) is 5.57 Å². The van der Waals surface area contributed by atoms with E-state index in [1.807, 2.05) is 13.8 Å². The third-order valence-electron chi connectivity index (χ3n) is 1.03. The highest BCUT2D eigenvalue weighted by Gasteiger charge is 1.91. The molecule has 1 atom stereocenters. The van der Waals surface area contributed by atoms with Crippen molar-refractivity contribution < 1.29 is 0 Å². The maximum atomic E-state index is 5.50. The molecule has 0 radical (unpaired) electrons. The van der Waals surface area contributed by atoms with Crippen molar-refractivity contribution in [2.45, 2.75) is 32.7 Å². The first-order valence-corrected chi connectivity index (χ1v) is 3.03. The molecule has 2 N–H and O–H groups in total. The lowest BCUT2D eigenvalue weighted by Gasteiger charge is -2.01. The maximum Gasteiger partial charge on any atom is 0.00135 e. The van der Waals surface area contributed by atoms with Crippen molar-refractivity contribution >= 4 is 0 Å². The van der Waals surface area contributed by atoms with Crippen LogP contribution in [0.5, 0.6) is 0 Å². The van der Waals surface area contributed by atoms with Crippen LogP contribution in [0.4, 0.5) is 0 Å². The van der Waals surface area contributed by atoms with Gasteiger partial charge in [0.15, 0.2) is 0 Å². The summed E-state index contributed by atoms with van der Waals surface area (Å²) in [6.07, 6.45) is 2.13. The molecule has 0 amide bonds. The van der Waals surface area contributed by atoms with Gasteiger partial charge in [-0.05, 0) is 26.7 Å². The molecule has 0 aromatic rings. The van der Waals surface area contributed by atoms with Crippen LogP contribution in [0.3, 0.4) is 0 Å². The fraction of sp³-hybridized carbons (Fsp3) is 0.714. The molecule has 0 saturated heterocycles. The van der Waals surface area contributed by atoms with Gasteiger partial charge in [0.2, 0.25) is 0 Å². The Labute approximate surface area is 51.6 Å². The molecule has 0 unspecified atom stereocenters. The predicted molar refractivity (Wildman–Crippen MR) is 37.7 cm³/mol. The fourth-order valence-corrected chi connectivity index (χ4v) is 0.474. The molecule has 0 heterocycles. The van der Waals surface area contributed by atoms with Gasteiger partial charge in [0.1, 0.15) is 0 Å². The Balaban J connectivity index is 3.05. The van der Waals surface area contributed by atoms with Crippen LogP contribution >= 0.6 is 0 Å². The van der Waals surface area contributed by atoms with Gasteiger partial charge in [0.25, 0.3) is 0 Å². The van der Waals surface area contributed by atoms with E-state index in [1.54, 1.807) is 0 Å². The molecule has 8 heavy (non-hydrogen) atoms. The third-order valence-corrected chi connectivity index (χ3v) is 1.03. The van der Waals surface area contributed by atoms with Crippen LogP contribution in [0, 0.1) is 0 Å². The van der Waals surface area contributed by atoms with Crippen LogP contribution in [0.1, 0.15) is 26.7 Å². The van der Waals surface area contributed by atoms with Crippen LogP contribution < -0.4 is 5.73 Å². The van der Waals surface area contributed by atoms with Crippen molar-refractivity contribution in [3.63, 3.8) is 0 Å². The van der Waals surface area contributed by atoms with E-state index in [0.29, 0.717) is 6.04 Å². The summed E-state index contributed by atoms with van der Waals surface area (Å²) < 4.78 is 0. The second-order valence-electron chi connectivity index (χ2n) is 2.47. The second-order valence-corrected chi connectivity index (χ2v) is 2.47. The van der Waals surface area contributed by atoms with Crippen LogP contribution in [0.15, 0.2) is 12.2 Å². The zero-order valence-corrected chi connectivity index (χ0v) is 5.78. The van der Waals surface area contributed by atoms with E-state index in [9.17, 15) is 0 Å². The second kappa shape index (κ2) is 3.67. The summed E-state index contributed by atoms with van der Waals surface area (Å²) in [6, 6.07) is 0.326. The first kappa shape index (κ1) is 7.70. The molecule has 48 valence electrons. The lowest BCUT2D eigenvalue weighted by atomic mass is 10.1. The van der Waals surface area contributed by atoms with E-state index in [2.05, 4.69) is 6.58 Å². The Morgan fingerprint density at radius 2 is 2.25 bits per heavy atom. The molecule has 0 aromatic carbocycles. The van der Waals surface area contributed by atoms with Gasteiger partial charge in [-0.15, -0.1) is 6.58 Å². The van der Waals surface area contributed by atoms with E-state index >= 15 is 0 Å². The topological polar surface area (TPSA) is 26.0 Å². The third kappa shape index (κ3) is 5.70. The minimum absolute atomic E-state index is 0.326. The average molecular weight is 113 g/mol. The van der Waals surface area contributed by atoms with E-state index in [1.165, 1.54) is 5.57 Å². The lowest BCUT2D eigenvalue weighted by Crippen LogP contribution is -2.13. The SMILES string of the molecule is C=C(C)CC[C@H](C)N. The Kier molecular flexibility index (Phi) is 3.53. The van der Waals surface area contributed by atoms with Crippen LogP contribution in [-0.2, 0) is 0 Å². The molecule has 0 rings (SSSR count). The highest BCUT2D eigenvalue weighted by atomic mass is 14.6. The van der Waals surface area contributed by atoms with Crippen molar-refractivity contribution in [1.82, 2.24) is 0 Å². The zero-order chi connectivity index (χ0) is 6.57. The fourth-order valence-electron chi connectivity index (χ4n) is 0.474. The molecule has 0 saturated carbocycles. The number of hydrogen-bond donors (Lipinski definition) is 1. The molecule has 0 fully saturated rings.